The number of carboxylic acid groups (broad SMARTS) is 1. The van der Waals surface area contributed by atoms with Crippen molar-refractivity contribution >= 4 is 17.6 Å². The first-order valence-electron chi connectivity index (χ1n) is 6.09. The van der Waals surface area contributed by atoms with Crippen LogP contribution in [0.3, 0.4) is 0 Å². The predicted molar refractivity (Wildman–Crippen MR) is 77.7 cm³/mol. The smallest absolute Gasteiger partial charge is 0.341 e. The van der Waals surface area contributed by atoms with Crippen molar-refractivity contribution in [3.8, 4) is 0 Å². The highest BCUT2D eigenvalue weighted by Crippen LogP contribution is 2.13. The van der Waals surface area contributed by atoms with Crippen LogP contribution in [0.15, 0.2) is 35.1 Å². The van der Waals surface area contributed by atoms with Gasteiger partial charge in [-0.1, -0.05) is 23.7 Å². The first-order valence-corrected chi connectivity index (χ1v) is 6.46. The van der Waals surface area contributed by atoms with E-state index in [1.165, 1.54) is 4.57 Å². The average Bonchev–Trinajstić information content (AvgIpc) is 2.33. The largest absolute Gasteiger partial charge is 0.477 e. The van der Waals surface area contributed by atoms with Crippen LogP contribution in [-0.2, 0) is 6.54 Å². The van der Waals surface area contributed by atoms with Crippen molar-refractivity contribution in [1.82, 2.24) is 4.57 Å². The molecule has 1 N–H and O–H groups in total. The molecular formula is C15H14ClNO3. The zero-order valence-corrected chi connectivity index (χ0v) is 11.9. The lowest BCUT2D eigenvalue weighted by Crippen LogP contribution is -2.29. The van der Waals surface area contributed by atoms with E-state index < -0.39 is 11.5 Å². The molecule has 2 aromatic rings. The molecule has 0 spiro atoms. The molecule has 0 saturated heterocycles. The number of hydrogen-bond donors (Lipinski definition) is 1. The number of carboxylic acids is 1. The van der Waals surface area contributed by atoms with E-state index in [4.69, 9.17) is 16.7 Å². The molecule has 104 valence electrons. The van der Waals surface area contributed by atoms with E-state index in [0.29, 0.717) is 17.1 Å². The lowest BCUT2D eigenvalue weighted by molar-refractivity contribution is 0.0693. The van der Waals surface area contributed by atoms with Gasteiger partial charge in [-0.05, 0) is 43.2 Å². The highest BCUT2D eigenvalue weighted by molar-refractivity contribution is 6.30. The monoisotopic (exact) mass is 291 g/mol. The molecule has 0 unspecified atom stereocenters. The van der Waals surface area contributed by atoms with Crippen molar-refractivity contribution in [3.63, 3.8) is 0 Å². The fourth-order valence-electron chi connectivity index (χ4n) is 2.20. The number of rotatable bonds is 3. The predicted octanol–water partition coefficient (Wildman–Crippen LogP) is 2.87. The van der Waals surface area contributed by atoms with Crippen LogP contribution in [-0.4, -0.2) is 15.6 Å². The van der Waals surface area contributed by atoms with Crippen molar-refractivity contribution < 1.29 is 9.90 Å². The van der Waals surface area contributed by atoms with Gasteiger partial charge in [0.15, 0.2) is 0 Å². The lowest BCUT2D eigenvalue weighted by Gasteiger charge is -2.13. The molecule has 0 aliphatic carbocycles. The van der Waals surface area contributed by atoms with Gasteiger partial charge in [0, 0.05) is 10.7 Å². The maximum Gasteiger partial charge on any atom is 0.341 e. The summed E-state index contributed by atoms with van der Waals surface area (Å²) in [5.41, 5.74) is 1.37. The summed E-state index contributed by atoms with van der Waals surface area (Å²) in [6, 6.07) is 8.85. The van der Waals surface area contributed by atoms with E-state index in [2.05, 4.69) is 0 Å². The molecule has 2 rings (SSSR count). The number of aromatic carboxylic acids is 1. The molecular weight excluding hydrogens is 278 g/mol. The Kier molecular flexibility index (Phi) is 3.95. The van der Waals surface area contributed by atoms with Crippen molar-refractivity contribution in [2.45, 2.75) is 20.4 Å². The summed E-state index contributed by atoms with van der Waals surface area (Å²) in [6.45, 7) is 3.71. The van der Waals surface area contributed by atoms with Crippen LogP contribution in [0.5, 0.6) is 0 Å². The van der Waals surface area contributed by atoms with Crippen LogP contribution in [0, 0.1) is 13.8 Å². The Morgan fingerprint density at radius 1 is 1.30 bits per heavy atom. The fourth-order valence-corrected chi connectivity index (χ4v) is 2.41. The van der Waals surface area contributed by atoms with Gasteiger partial charge in [-0.15, -0.1) is 0 Å². The second-order valence-electron chi connectivity index (χ2n) is 4.67. The van der Waals surface area contributed by atoms with Gasteiger partial charge in [0.05, 0.1) is 6.54 Å². The Morgan fingerprint density at radius 2 is 2.00 bits per heavy atom. The van der Waals surface area contributed by atoms with Gasteiger partial charge in [0.25, 0.3) is 5.56 Å². The topological polar surface area (TPSA) is 59.3 Å². The molecule has 1 heterocycles. The first-order chi connectivity index (χ1) is 9.40. The summed E-state index contributed by atoms with van der Waals surface area (Å²) in [6.07, 6.45) is 0. The summed E-state index contributed by atoms with van der Waals surface area (Å²) in [7, 11) is 0. The molecule has 5 heteroatoms. The van der Waals surface area contributed by atoms with Gasteiger partial charge < -0.3 is 9.67 Å². The standard InChI is InChI=1S/C15H14ClNO3/c1-9-6-10(2)17(14(18)13(9)15(19)20)8-11-4-3-5-12(16)7-11/h3-7H,8H2,1-2H3,(H,19,20). The second-order valence-corrected chi connectivity index (χ2v) is 5.11. The fraction of sp³-hybridized carbons (Fsp3) is 0.200. The van der Waals surface area contributed by atoms with Crippen molar-refractivity contribution in [3.05, 3.63) is 68.1 Å². The molecule has 0 bridgehead atoms. The zero-order valence-electron chi connectivity index (χ0n) is 11.2. The molecule has 20 heavy (non-hydrogen) atoms. The molecule has 1 aromatic heterocycles. The molecule has 0 fully saturated rings. The number of hydrogen-bond acceptors (Lipinski definition) is 2. The number of nitrogens with zero attached hydrogens (tertiary/aromatic N) is 1. The Balaban J connectivity index is 2.55. The van der Waals surface area contributed by atoms with E-state index in [1.807, 2.05) is 6.07 Å². The molecule has 1 aromatic carbocycles. The van der Waals surface area contributed by atoms with Crippen molar-refractivity contribution in [1.29, 1.82) is 0 Å². The molecule has 0 saturated carbocycles. The van der Waals surface area contributed by atoms with Crippen LogP contribution in [0.2, 0.25) is 5.02 Å². The van der Waals surface area contributed by atoms with E-state index >= 15 is 0 Å². The third-order valence-electron chi connectivity index (χ3n) is 3.15. The Labute approximate surface area is 121 Å². The van der Waals surface area contributed by atoms with Gasteiger partial charge in [0.1, 0.15) is 5.56 Å². The molecule has 0 atom stereocenters. The van der Waals surface area contributed by atoms with Gasteiger partial charge >= 0.3 is 5.97 Å². The van der Waals surface area contributed by atoms with Gasteiger partial charge in [-0.25, -0.2) is 4.79 Å². The lowest BCUT2D eigenvalue weighted by atomic mass is 10.1. The summed E-state index contributed by atoms with van der Waals surface area (Å²) in [5.74, 6) is -1.20. The van der Waals surface area contributed by atoms with Crippen molar-refractivity contribution in [2.75, 3.05) is 0 Å². The third-order valence-corrected chi connectivity index (χ3v) is 3.38. The Morgan fingerprint density at radius 3 is 2.60 bits per heavy atom. The maximum absolute atomic E-state index is 12.3. The molecule has 0 aliphatic heterocycles. The van der Waals surface area contributed by atoms with E-state index in [0.717, 1.165) is 11.3 Å². The van der Waals surface area contributed by atoms with Crippen LogP contribution >= 0.6 is 11.6 Å². The molecule has 4 nitrogen and oxygen atoms in total. The number of aromatic nitrogens is 1. The third kappa shape index (κ3) is 2.75. The molecule has 0 amide bonds. The number of aryl methyl sites for hydroxylation is 2. The van der Waals surface area contributed by atoms with Crippen molar-refractivity contribution in [2.24, 2.45) is 0 Å². The van der Waals surface area contributed by atoms with Crippen LogP contribution < -0.4 is 5.56 Å². The quantitative estimate of drug-likeness (QED) is 0.946. The number of pyridine rings is 1. The maximum atomic E-state index is 12.3. The van der Waals surface area contributed by atoms with Crippen LogP contribution in [0.25, 0.3) is 0 Å². The average molecular weight is 292 g/mol. The minimum absolute atomic E-state index is 0.183. The zero-order chi connectivity index (χ0) is 14.9. The SMILES string of the molecule is Cc1cc(C)n(Cc2cccc(Cl)c2)c(=O)c1C(=O)O. The molecule has 0 aliphatic rings. The second kappa shape index (κ2) is 5.51. The van der Waals surface area contributed by atoms with Gasteiger partial charge in [0.2, 0.25) is 0 Å². The number of halogens is 1. The highest BCUT2D eigenvalue weighted by atomic mass is 35.5. The van der Waals surface area contributed by atoms with E-state index in [-0.39, 0.29) is 5.56 Å². The first kappa shape index (κ1) is 14.3. The van der Waals surface area contributed by atoms with Gasteiger partial charge in [-0.2, -0.15) is 0 Å². The molecule has 0 radical (unpaired) electrons. The minimum atomic E-state index is -1.20. The summed E-state index contributed by atoms with van der Waals surface area (Å²) >= 11 is 5.92. The van der Waals surface area contributed by atoms with Crippen LogP contribution in [0.1, 0.15) is 27.2 Å². The number of carbonyl (C=O) groups is 1. The normalized spacial score (nSPS) is 10.6. The van der Waals surface area contributed by atoms with Gasteiger partial charge in [-0.3, -0.25) is 4.79 Å². The summed E-state index contributed by atoms with van der Waals surface area (Å²) in [4.78, 5) is 23.5. The Bertz CT molecular complexity index is 734. The van der Waals surface area contributed by atoms with Crippen LogP contribution in [0.4, 0.5) is 0 Å². The number of benzene rings is 1. The summed E-state index contributed by atoms with van der Waals surface area (Å²) in [5, 5.41) is 9.72. The highest BCUT2D eigenvalue weighted by Gasteiger charge is 2.16. The van der Waals surface area contributed by atoms with E-state index in [1.54, 1.807) is 38.1 Å². The summed E-state index contributed by atoms with van der Waals surface area (Å²) < 4.78 is 1.45. The Hall–Kier alpha value is -2.07. The minimum Gasteiger partial charge on any atom is -0.477 e. The van der Waals surface area contributed by atoms with E-state index in [9.17, 15) is 9.59 Å².